The molecule has 0 aliphatic heterocycles. The highest BCUT2D eigenvalue weighted by atomic mass is 32.1. The summed E-state index contributed by atoms with van der Waals surface area (Å²) in [6, 6.07) is 37.8. The van der Waals surface area contributed by atoms with Gasteiger partial charge in [-0.1, -0.05) is 60.7 Å². The van der Waals surface area contributed by atoms with Gasteiger partial charge in [-0.05, 0) is 54.8 Å². The van der Waals surface area contributed by atoms with Gasteiger partial charge in [-0.15, -0.1) is 11.3 Å². The Balaban J connectivity index is 2.07. The van der Waals surface area contributed by atoms with Crippen LogP contribution in [0.4, 0.5) is 0 Å². The molecule has 128 valence electrons. The van der Waals surface area contributed by atoms with Gasteiger partial charge in [0.15, 0.2) is 0 Å². The van der Waals surface area contributed by atoms with Crippen molar-refractivity contribution in [3.8, 4) is 0 Å². The number of thiophene rings is 1. The van der Waals surface area contributed by atoms with E-state index in [1.165, 1.54) is 20.8 Å². The second-order valence-corrected chi connectivity index (χ2v) is 11.2. The first-order chi connectivity index (χ1) is 12.8. The minimum Gasteiger partial charge on any atom is -0.145 e. The van der Waals surface area contributed by atoms with Crippen molar-refractivity contribution in [2.45, 2.75) is 12.6 Å². The van der Waals surface area contributed by atoms with Crippen molar-refractivity contribution in [3.63, 3.8) is 0 Å². The Morgan fingerprint density at radius 1 is 0.577 bits per heavy atom. The summed E-state index contributed by atoms with van der Waals surface area (Å²) in [4.78, 5) is 1.45. The Morgan fingerprint density at radius 3 is 1.35 bits per heavy atom. The monoisotopic (exact) mass is 373 g/mol. The smallest absolute Gasteiger partial charge is 0.120 e. The highest BCUT2D eigenvalue weighted by molar-refractivity contribution is 7.96. The second-order valence-electron chi connectivity index (χ2n) is 6.42. The summed E-state index contributed by atoms with van der Waals surface area (Å²) in [5, 5.41) is 6.52. The molecule has 0 aliphatic carbocycles. The molecule has 0 radical (unpaired) electrons. The number of rotatable bonds is 5. The van der Waals surface area contributed by atoms with Gasteiger partial charge >= 0.3 is 0 Å². The van der Waals surface area contributed by atoms with Crippen LogP contribution in [-0.2, 0) is 0 Å². The lowest BCUT2D eigenvalue weighted by atomic mass is 10.3. The zero-order valence-corrected chi connectivity index (χ0v) is 16.5. The van der Waals surface area contributed by atoms with Crippen molar-refractivity contribution in [1.29, 1.82) is 0 Å². The van der Waals surface area contributed by atoms with Crippen molar-refractivity contribution in [1.82, 2.24) is 0 Å². The molecule has 26 heavy (non-hydrogen) atoms. The predicted octanol–water partition coefficient (Wildman–Crippen LogP) is 5.80. The van der Waals surface area contributed by atoms with E-state index in [2.05, 4.69) is 115 Å². The van der Waals surface area contributed by atoms with E-state index in [0.717, 1.165) is 0 Å². The van der Waals surface area contributed by atoms with Gasteiger partial charge in [-0.3, -0.25) is 0 Å². The molecule has 0 saturated heterocycles. The van der Waals surface area contributed by atoms with Crippen LogP contribution in [0.25, 0.3) is 0 Å². The largest absolute Gasteiger partial charge is 0.145 e. The molecule has 1 atom stereocenters. The van der Waals surface area contributed by atoms with Gasteiger partial charge in [0.05, 0.1) is 0 Å². The van der Waals surface area contributed by atoms with Crippen LogP contribution >= 0.6 is 18.6 Å². The summed E-state index contributed by atoms with van der Waals surface area (Å²) in [5.74, 6) is 0. The summed E-state index contributed by atoms with van der Waals surface area (Å²) in [6.45, 7) is 2.41. The summed E-state index contributed by atoms with van der Waals surface area (Å²) in [7, 11) is -1.82. The third-order valence-electron chi connectivity index (χ3n) is 5.03. The van der Waals surface area contributed by atoms with Crippen molar-refractivity contribution >= 4 is 34.5 Å². The molecule has 0 N–H and O–H groups in total. The molecule has 0 nitrogen and oxygen atoms in total. The maximum atomic E-state index is 2.41. The molecule has 0 saturated carbocycles. The Kier molecular flexibility index (Phi) is 5.02. The van der Waals surface area contributed by atoms with Crippen LogP contribution in [0.1, 0.15) is 17.5 Å². The van der Waals surface area contributed by atoms with E-state index in [1.807, 2.05) is 11.3 Å². The zero-order chi connectivity index (χ0) is 17.8. The first-order valence-electron chi connectivity index (χ1n) is 8.92. The Bertz CT molecular complexity index is 835. The molecule has 4 aromatic rings. The van der Waals surface area contributed by atoms with Gasteiger partial charge < -0.3 is 0 Å². The maximum absolute atomic E-state index is 2.41. The molecule has 0 aliphatic rings. The van der Waals surface area contributed by atoms with E-state index in [1.54, 1.807) is 0 Å². The van der Waals surface area contributed by atoms with Crippen LogP contribution in [0.5, 0.6) is 0 Å². The summed E-state index contributed by atoms with van der Waals surface area (Å²) in [5.41, 5.74) is 0.426. The minimum absolute atomic E-state index is 0.426. The van der Waals surface area contributed by atoms with Crippen LogP contribution in [0.2, 0.25) is 0 Å². The van der Waals surface area contributed by atoms with Crippen LogP contribution in [0.3, 0.4) is 0 Å². The maximum Gasteiger partial charge on any atom is 0.120 e. The SMILES string of the molecule is CC(c1cccs1)[P+](c1ccccc1)(c1ccccc1)c1ccccc1. The average molecular weight is 373 g/mol. The lowest BCUT2D eigenvalue weighted by Gasteiger charge is -2.32. The molecule has 1 aromatic heterocycles. The molecule has 4 rings (SSSR count). The lowest BCUT2D eigenvalue weighted by Crippen LogP contribution is -2.34. The van der Waals surface area contributed by atoms with Gasteiger partial charge in [-0.25, -0.2) is 0 Å². The van der Waals surface area contributed by atoms with E-state index in [4.69, 9.17) is 0 Å². The summed E-state index contributed by atoms with van der Waals surface area (Å²) >= 11 is 1.87. The average Bonchev–Trinajstić information content (AvgIpc) is 3.26. The lowest BCUT2D eigenvalue weighted by molar-refractivity contribution is 1.12. The van der Waals surface area contributed by atoms with Gasteiger partial charge in [0.1, 0.15) is 28.8 Å². The van der Waals surface area contributed by atoms with Gasteiger partial charge in [0.25, 0.3) is 0 Å². The van der Waals surface area contributed by atoms with E-state index in [9.17, 15) is 0 Å². The molecule has 1 unspecified atom stereocenters. The van der Waals surface area contributed by atoms with Crippen molar-refractivity contribution < 1.29 is 0 Å². The third-order valence-corrected chi connectivity index (χ3v) is 11.0. The fourth-order valence-electron chi connectivity index (χ4n) is 3.83. The van der Waals surface area contributed by atoms with E-state index < -0.39 is 7.26 Å². The van der Waals surface area contributed by atoms with E-state index in [0.29, 0.717) is 5.66 Å². The van der Waals surface area contributed by atoms with Crippen LogP contribution in [0, 0.1) is 0 Å². The summed E-state index contributed by atoms with van der Waals surface area (Å²) < 4.78 is 0. The standard InChI is InChI=1S/C24H22PS/c1-20(24-18-11-19-26-24)25(21-12-5-2-6-13-21,22-14-7-3-8-15-22)23-16-9-4-10-17-23/h2-20H,1H3/q+1. The first kappa shape index (κ1) is 17.2. The molecule has 0 bridgehead atoms. The molecule has 1 heterocycles. The van der Waals surface area contributed by atoms with Crippen LogP contribution in [0.15, 0.2) is 109 Å². The first-order valence-corrected chi connectivity index (χ1v) is 11.7. The highest BCUT2D eigenvalue weighted by Gasteiger charge is 2.51. The molecule has 3 aromatic carbocycles. The summed E-state index contributed by atoms with van der Waals surface area (Å²) in [6.07, 6.45) is 0. The Hall–Kier alpha value is -2.21. The van der Waals surface area contributed by atoms with Crippen molar-refractivity contribution in [3.05, 3.63) is 113 Å². The molecule has 0 fully saturated rings. The quantitative estimate of drug-likeness (QED) is 0.388. The van der Waals surface area contributed by atoms with E-state index >= 15 is 0 Å². The molecule has 0 amide bonds. The molecular formula is C24H22PS+. The zero-order valence-electron chi connectivity index (χ0n) is 14.8. The number of hydrogen-bond donors (Lipinski definition) is 0. The molecule has 0 spiro atoms. The van der Waals surface area contributed by atoms with Crippen molar-refractivity contribution in [2.24, 2.45) is 0 Å². The fourth-order valence-corrected chi connectivity index (χ4v) is 9.78. The fraction of sp³-hybridized carbons (Fsp3) is 0.0833. The Labute approximate surface area is 160 Å². The molecular weight excluding hydrogens is 351 g/mol. The third kappa shape index (κ3) is 2.92. The van der Waals surface area contributed by atoms with Crippen LogP contribution < -0.4 is 15.9 Å². The minimum atomic E-state index is -1.82. The van der Waals surface area contributed by atoms with Crippen LogP contribution in [-0.4, -0.2) is 0 Å². The predicted molar refractivity (Wildman–Crippen MR) is 118 cm³/mol. The Morgan fingerprint density at radius 2 is 1.00 bits per heavy atom. The molecule has 2 heteroatoms. The normalized spacial score (nSPS) is 12.7. The number of benzene rings is 3. The van der Waals surface area contributed by atoms with Gasteiger partial charge in [0, 0.05) is 4.88 Å². The number of hydrogen-bond acceptors (Lipinski definition) is 1. The van der Waals surface area contributed by atoms with Gasteiger partial charge in [0.2, 0.25) is 0 Å². The van der Waals surface area contributed by atoms with E-state index in [-0.39, 0.29) is 0 Å². The topological polar surface area (TPSA) is 0 Å². The highest BCUT2D eigenvalue weighted by Crippen LogP contribution is 2.66. The second kappa shape index (κ2) is 7.58. The van der Waals surface area contributed by atoms with Crippen molar-refractivity contribution in [2.75, 3.05) is 0 Å². The van der Waals surface area contributed by atoms with Gasteiger partial charge in [-0.2, -0.15) is 0 Å².